The number of benzene rings is 1. The molecule has 0 amide bonds. The Labute approximate surface area is 130 Å². The predicted octanol–water partition coefficient (Wildman–Crippen LogP) is 3.94. The zero-order valence-electron chi connectivity index (χ0n) is 13.5. The van der Waals surface area contributed by atoms with Crippen molar-refractivity contribution < 1.29 is 18.7 Å². The van der Waals surface area contributed by atoms with E-state index < -0.39 is 12.1 Å². The molecular weight excluding hydrogens is 280 g/mol. The molecular formula is C18H20O4. The molecule has 0 aliphatic rings. The van der Waals surface area contributed by atoms with Gasteiger partial charge in [-0.15, -0.1) is 0 Å². The number of aryl methyl sites for hydroxylation is 3. The molecule has 1 atom stereocenters. The van der Waals surface area contributed by atoms with Crippen LogP contribution in [0.25, 0.3) is 0 Å². The summed E-state index contributed by atoms with van der Waals surface area (Å²) in [7, 11) is 0. The highest BCUT2D eigenvalue weighted by Gasteiger charge is 2.25. The van der Waals surface area contributed by atoms with E-state index in [1.807, 2.05) is 19.1 Å². The van der Waals surface area contributed by atoms with Crippen molar-refractivity contribution in [1.82, 2.24) is 0 Å². The molecule has 0 aliphatic heterocycles. The zero-order chi connectivity index (χ0) is 16.4. The minimum Gasteiger partial charge on any atom is -0.465 e. The van der Waals surface area contributed by atoms with E-state index in [9.17, 15) is 9.59 Å². The lowest BCUT2D eigenvalue weighted by atomic mass is 10.1. The monoisotopic (exact) mass is 300 g/mol. The molecule has 2 aromatic rings. The van der Waals surface area contributed by atoms with Crippen molar-refractivity contribution in [3.8, 4) is 0 Å². The molecule has 4 heteroatoms. The van der Waals surface area contributed by atoms with Gasteiger partial charge in [-0.1, -0.05) is 29.8 Å². The number of rotatable bonds is 4. The molecule has 0 radical (unpaired) electrons. The second kappa shape index (κ2) is 6.18. The highest BCUT2D eigenvalue weighted by atomic mass is 16.5. The normalized spacial score (nSPS) is 12.0. The van der Waals surface area contributed by atoms with Crippen molar-refractivity contribution in [3.63, 3.8) is 0 Å². The summed E-state index contributed by atoms with van der Waals surface area (Å²) in [6, 6.07) is 7.19. The van der Waals surface area contributed by atoms with Crippen LogP contribution in [0.15, 0.2) is 28.7 Å². The molecule has 1 unspecified atom stereocenters. The minimum absolute atomic E-state index is 0.219. The van der Waals surface area contributed by atoms with Crippen LogP contribution in [-0.2, 0) is 4.74 Å². The fourth-order valence-electron chi connectivity index (χ4n) is 2.32. The van der Waals surface area contributed by atoms with Gasteiger partial charge in [0.1, 0.15) is 17.1 Å². The van der Waals surface area contributed by atoms with Crippen LogP contribution in [0.5, 0.6) is 0 Å². The van der Waals surface area contributed by atoms with Crippen molar-refractivity contribution in [1.29, 1.82) is 0 Å². The maximum absolute atomic E-state index is 12.3. The quantitative estimate of drug-likeness (QED) is 0.634. The topological polar surface area (TPSA) is 56.5 Å². The Kier molecular flexibility index (Phi) is 4.50. The lowest BCUT2D eigenvalue weighted by Gasteiger charge is -2.12. The molecule has 2 rings (SSSR count). The number of ether oxygens (including phenoxy) is 1. The molecule has 0 spiro atoms. The predicted molar refractivity (Wildman–Crippen MR) is 83.3 cm³/mol. The molecule has 4 nitrogen and oxygen atoms in total. The van der Waals surface area contributed by atoms with E-state index in [4.69, 9.17) is 9.15 Å². The van der Waals surface area contributed by atoms with E-state index in [0.29, 0.717) is 22.6 Å². The summed E-state index contributed by atoms with van der Waals surface area (Å²) < 4.78 is 10.7. The number of esters is 1. The summed E-state index contributed by atoms with van der Waals surface area (Å²) in [5, 5.41) is 0. The van der Waals surface area contributed by atoms with Gasteiger partial charge in [-0.05, 0) is 34.6 Å². The molecule has 0 N–H and O–H groups in total. The first kappa shape index (κ1) is 16.0. The van der Waals surface area contributed by atoms with Crippen LogP contribution in [0.3, 0.4) is 0 Å². The number of ketones is 1. The van der Waals surface area contributed by atoms with Crippen LogP contribution < -0.4 is 0 Å². The number of carbonyl (C=O) groups excluding carboxylic acids is 2. The van der Waals surface area contributed by atoms with Crippen LogP contribution in [0.1, 0.15) is 50.3 Å². The third-order valence-corrected chi connectivity index (χ3v) is 3.75. The summed E-state index contributed by atoms with van der Waals surface area (Å²) in [5.74, 6) is 0.445. The van der Waals surface area contributed by atoms with Crippen LogP contribution in [-0.4, -0.2) is 17.9 Å². The molecule has 0 fully saturated rings. The van der Waals surface area contributed by atoms with Gasteiger partial charge in [-0.25, -0.2) is 4.79 Å². The molecule has 1 aromatic heterocycles. The number of carbonyl (C=O) groups is 2. The standard InChI is InChI=1S/C18H20O4/c1-10-6-8-15(9-7-10)17(19)14(5)22-18(20)16-11(2)12(3)21-13(16)4/h6-9,14H,1-5H3. The van der Waals surface area contributed by atoms with E-state index in [2.05, 4.69) is 0 Å². The molecule has 1 aromatic carbocycles. The van der Waals surface area contributed by atoms with Crippen molar-refractivity contribution >= 4 is 11.8 Å². The van der Waals surface area contributed by atoms with Crippen molar-refractivity contribution in [2.24, 2.45) is 0 Å². The maximum atomic E-state index is 12.3. The summed E-state index contributed by atoms with van der Waals surface area (Å²) >= 11 is 0. The number of furan rings is 1. The van der Waals surface area contributed by atoms with Crippen LogP contribution in [0, 0.1) is 27.7 Å². The van der Waals surface area contributed by atoms with Crippen molar-refractivity contribution in [2.45, 2.75) is 40.7 Å². The second-order valence-electron chi connectivity index (χ2n) is 5.49. The summed E-state index contributed by atoms with van der Waals surface area (Å²) in [5.41, 5.74) is 2.75. The van der Waals surface area contributed by atoms with Gasteiger partial charge in [0, 0.05) is 11.1 Å². The molecule has 1 heterocycles. The fraction of sp³-hybridized carbons (Fsp3) is 0.333. The molecule has 0 bridgehead atoms. The summed E-state index contributed by atoms with van der Waals surface area (Å²) in [6.07, 6.45) is -0.843. The Hall–Kier alpha value is -2.36. The first-order valence-corrected chi connectivity index (χ1v) is 7.19. The van der Waals surface area contributed by atoms with E-state index in [1.165, 1.54) is 0 Å². The third-order valence-electron chi connectivity index (χ3n) is 3.75. The Morgan fingerprint density at radius 3 is 2.09 bits per heavy atom. The van der Waals surface area contributed by atoms with E-state index in [0.717, 1.165) is 11.1 Å². The summed E-state index contributed by atoms with van der Waals surface area (Å²) in [4.78, 5) is 24.6. The van der Waals surface area contributed by atoms with Crippen LogP contribution in [0.2, 0.25) is 0 Å². The second-order valence-corrected chi connectivity index (χ2v) is 5.49. The zero-order valence-corrected chi connectivity index (χ0v) is 13.5. The van der Waals surface area contributed by atoms with E-state index >= 15 is 0 Å². The number of hydrogen-bond acceptors (Lipinski definition) is 4. The fourth-order valence-corrected chi connectivity index (χ4v) is 2.32. The molecule has 22 heavy (non-hydrogen) atoms. The molecule has 0 saturated carbocycles. The van der Waals surface area contributed by atoms with Gasteiger partial charge in [-0.3, -0.25) is 4.79 Å². The minimum atomic E-state index is -0.843. The summed E-state index contributed by atoms with van der Waals surface area (Å²) in [6.45, 7) is 8.83. The van der Waals surface area contributed by atoms with E-state index in [-0.39, 0.29) is 5.78 Å². The molecule has 0 aliphatic carbocycles. The molecule has 0 saturated heterocycles. The van der Waals surface area contributed by atoms with Gasteiger partial charge in [0.2, 0.25) is 5.78 Å². The van der Waals surface area contributed by atoms with Crippen molar-refractivity contribution in [3.05, 3.63) is 58.0 Å². The van der Waals surface area contributed by atoms with Gasteiger partial charge in [0.05, 0.1) is 0 Å². The number of Topliss-reactive ketones (excluding diaryl/α,β-unsaturated/α-hetero) is 1. The van der Waals surface area contributed by atoms with Gasteiger partial charge < -0.3 is 9.15 Å². The van der Waals surface area contributed by atoms with Gasteiger partial charge >= 0.3 is 5.97 Å². The van der Waals surface area contributed by atoms with E-state index in [1.54, 1.807) is 39.8 Å². The van der Waals surface area contributed by atoms with Gasteiger partial charge in [-0.2, -0.15) is 0 Å². The highest BCUT2D eigenvalue weighted by Crippen LogP contribution is 2.22. The van der Waals surface area contributed by atoms with Crippen molar-refractivity contribution in [2.75, 3.05) is 0 Å². The number of hydrogen-bond donors (Lipinski definition) is 0. The van der Waals surface area contributed by atoms with Crippen LogP contribution in [0.4, 0.5) is 0 Å². The largest absolute Gasteiger partial charge is 0.465 e. The highest BCUT2D eigenvalue weighted by molar-refractivity contribution is 6.01. The average molecular weight is 300 g/mol. The lowest BCUT2D eigenvalue weighted by Crippen LogP contribution is -2.24. The average Bonchev–Trinajstić information content (AvgIpc) is 2.72. The van der Waals surface area contributed by atoms with Crippen LogP contribution >= 0.6 is 0 Å². The smallest absolute Gasteiger partial charge is 0.342 e. The Balaban J connectivity index is 2.14. The molecule has 116 valence electrons. The van der Waals surface area contributed by atoms with Gasteiger partial charge in [0.25, 0.3) is 0 Å². The van der Waals surface area contributed by atoms with Gasteiger partial charge in [0.15, 0.2) is 6.10 Å². The maximum Gasteiger partial charge on any atom is 0.342 e. The SMILES string of the molecule is Cc1ccc(C(=O)C(C)OC(=O)c2c(C)oc(C)c2C)cc1. The first-order chi connectivity index (χ1) is 10.3. The Bertz CT molecular complexity index is 707. The first-order valence-electron chi connectivity index (χ1n) is 7.19. The Morgan fingerprint density at radius 2 is 1.59 bits per heavy atom. The Morgan fingerprint density at radius 1 is 1.00 bits per heavy atom. The lowest BCUT2D eigenvalue weighted by molar-refractivity contribution is 0.0316. The third kappa shape index (κ3) is 3.11.